The van der Waals surface area contributed by atoms with Crippen LogP contribution in [0.15, 0.2) is 30.6 Å². The van der Waals surface area contributed by atoms with Gasteiger partial charge in [-0.1, -0.05) is 50.7 Å². The Balaban J connectivity index is 1.35. The second kappa shape index (κ2) is 10.7. The van der Waals surface area contributed by atoms with Crippen LogP contribution in [0.25, 0.3) is 0 Å². The second-order valence-corrected chi connectivity index (χ2v) is 8.97. The molecule has 0 bridgehead atoms. The first-order valence-electron chi connectivity index (χ1n) is 11.1. The molecule has 2 saturated carbocycles. The van der Waals surface area contributed by atoms with Gasteiger partial charge >= 0.3 is 0 Å². The predicted molar refractivity (Wildman–Crippen MR) is 110 cm³/mol. The molecule has 0 amide bonds. The fraction of sp³-hybridized carbons (Fsp3) is 0.640. The highest BCUT2D eigenvalue weighted by Crippen LogP contribution is 2.40. The van der Waals surface area contributed by atoms with Crippen LogP contribution < -0.4 is 0 Å². The Labute approximate surface area is 168 Å². The van der Waals surface area contributed by atoms with Crippen molar-refractivity contribution in [2.24, 2.45) is 17.8 Å². The van der Waals surface area contributed by atoms with Gasteiger partial charge in [0.25, 0.3) is 0 Å². The lowest BCUT2D eigenvalue weighted by molar-refractivity contribution is 0.225. The Morgan fingerprint density at radius 1 is 0.893 bits per heavy atom. The minimum absolute atomic E-state index is 0.144. The van der Waals surface area contributed by atoms with Crippen LogP contribution in [0, 0.1) is 34.9 Å². The maximum absolute atomic E-state index is 13.9. The molecule has 1 aromatic carbocycles. The van der Waals surface area contributed by atoms with Crippen molar-refractivity contribution in [1.29, 1.82) is 5.26 Å². The molecule has 1 nitrogen and oxygen atoms in total. The fourth-order valence-electron chi connectivity index (χ4n) is 5.34. The van der Waals surface area contributed by atoms with Gasteiger partial charge in [0.15, 0.2) is 0 Å². The van der Waals surface area contributed by atoms with Crippen molar-refractivity contribution in [2.75, 3.05) is 0 Å². The van der Waals surface area contributed by atoms with Crippen molar-refractivity contribution in [3.8, 4) is 6.07 Å². The Morgan fingerprint density at radius 2 is 1.46 bits per heavy atom. The molecule has 0 atom stereocenters. The van der Waals surface area contributed by atoms with Gasteiger partial charge in [-0.3, -0.25) is 0 Å². The summed E-state index contributed by atoms with van der Waals surface area (Å²) in [4.78, 5) is 0. The van der Waals surface area contributed by atoms with Crippen LogP contribution in [0.2, 0.25) is 0 Å². The molecule has 0 aliphatic heterocycles. The minimum atomic E-state index is -0.376. The van der Waals surface area contributed by atoms with E-state index in [1.165, 1.54) is 51.4 Å². The number of rotatable bonds is 7. The lowest BCUT2D eigenvalue weighted by Gasteiger charge is -2.32. The first-order valence-corrected chi connectivity index (χ1v) is 11.1. The van der Waals surface area contributed by atoms with Crippen molar-refractivity contribution < 1.29 is 8.78 Å². The van der Waals surface area contributed by atoms with Gasteiger partial charge in [-0.05, 0) is 79.9 Å². The number of benzene rings is 1. The molecule has 28 heavy (non-hydrogen) atoms. The molecule has 2 aliphatic rings. The normalized spacial score (nSPS) is 28.3. The van der Waals surface area contributed by atoms with Crippen LogP contribution >= 0.6 is 0 Å². The summed E-state index contributed by atoms with van der Waals surface area (Å²) in [6.45, 7) is 0. The third-order valence-corrected chi connectivity index (χ3v) is 7.21. The molecule has 0 unspecified atom stereocenters. The SMILES string of the molecule is N#Cc1ccc(C2CCC(CCC3CCC(CC/C=C/F)CC3)CC2)cc1F. The first kappa shape index (κ1) is 21.0. The quantitative estimate of drug-likeness (QED) is 0.469. The maximum atomic E-state index is 13.9. The smallest absolute Gasteiger partial charge is 0.141 e. The van der Waals surface area contributed by atoms with E-state index in [-0.39, 0.29) is 11.4 Å². The molecular weight excluding hydrogens is 352 g/mol. The summed E-state index contributed by atoms with van der Waals surface area (Å²) in [5.41, 5.74) is 1.21. The van der Waals surface area contributed by atoms with E-state index >= 15 is 0 Å². The number of nitriles is 1. The van der Waals surface area contributed by atoms with E-state index < -0.39 is 0 Å². The minimum Gasteiger partial charge on any atom is -0.216 e. The molecule has 1 aromatic rings. The van der Waals surface area contributed by atoms with Crippen LogP contribution in [0.5, 0.6) is 0 Å². The first-order chi connectivity index (χ1) is 13.7. The Hall–Kier alpha value is -1.69. The Morgan fingerprint density at radius 3 is 2.00 bits per heavy atom. The molecule has 3 heteroatoms. The van der Waals surface area contributed by atoms with Crippen LogP contribution in [0.1, 0.15) is 94.1 Å². The molecule has 0 aromatic heterocycles. The van der Waals surface area contributed by atoms with Crippen molar-refractivity contribution in [2.45, 2.75) is 83.0 Å². The van der Waals surface area contributed by atoms with E-state index in [4.69, 9.17) is 5.26 Å². The third kappa shape index (κ3) is 5.90. The van der Waals surface area contributed by atoms with E-state index in [2.05, 4.69) is 0 Å². The van der Waals surface area contributed by atoms with Crippen molar-refractivity contribution in [1.82, 2.24) is 0 Å². The summed E-state index contributed by atoms with van der Waals surface area (Å²) in [6.07, 6.45) is 17.2. The summed E-state index contributed by atoms with van der Waals surface area (Å²) in [6, 6.07) is 7.04. The zero-order chi connectivity index (χ0) is 19.8. The number of nitrogens with zero attached hydrogens (tertiary/aromatic N) is 1. The van der Waals surface area contributed by atoms with Gasteiger partial charge in [0.05, 0.1) is 11.9 Å². The van der Waals surface area contributed by atoms with Gasteiger partial charge in [0, 0.05) is 0 Å². The lowest BCUT2D eigenvalue weighted by Crippen LogP contribution is -2.18. The lowest BCUT2D eigenvalue weighted by atomic mass is 9.74. The topological polar surface area (TPSA) is 23.8 Å². The van der Waals surface area contributed by atoms with Gasteiger partial charge in [-0.2, -0.15) is 5.26 Å². The Kier molecular flexibility index (Phi) is 8.07. The van der Waals surface area contributed by atoms with Crippen LogP contribution in [-0.2, 0) is 0 Å². The van der Waals surface area contributed by atoms with Crippen molar-refractivity contribution >= 4 is 0 Å². The standard InChI is InChI=1S/C25H33F2N/c26-16-2-1-3-19-4-6-20(7-5-19)8-9-21-10-12-22(13-11-21)23-14-15-24(18-28)25(27)17-23/h2,14-17,19-22H,1,3-13H2/b16-2+. The summed E-state index contributed by atoms with van der Waals surface area (Å²) in [5.74, 6) is 2.59. The van der Waals surface area contributed by atoms with Crippen LogP contribution in [0.3, 0.4) is 0 Å². The summed E-state index contributed by atoms with van der Waals surface area (Å²) in [5, 5.41) is 8.88. The van der Waals surface area contributed by atoms with Gasteiger partial charge in [0.1, 0.15) is 11.9 Å². The zero-order valence-corrected chi connectivity index (χ0v) is 16.9. The molecule has 152 valence electrons. The molecule has 2 aliphatic carbocycles. The number of hydrogen-bond donors (Lipinski definition) is 0. The fourth-order valence-corrected chi connectivity index (χ4v) is 5.34. The van der Waals surface area contributed by atoms with Crippen LogP contribution in [0.4, 0.5) is 8.78 Å². The molecule has 0 heterocycles. The summed E-state index contributed by atoms with van der Waals surface area (Å²) >= 11 is 0. The van der Waals surface area contributed by atoms with Gasteiger partial charge in [0.2, 0.25) is 0 Å². The van der Waals surface area contributed by atoms with E-state index in [1.807, 2.05) is 12.1 Å². The average molecular weight is 386 g/mol. The molecule has 0 radical (unpaired) electrons. The van der Waals surface area contributed by atoms with E-state index in [1.54, 1.807) is 18.2 Å². The largest absolute Gasteiger partial charge is 0.216 e. The van der Waals surface area contributed by atoms with Gasteiger partial charge < -0.3 is 0 Å². The highest BCUT2D eigenvalue weighted by molar-refractivity contribution is 5.34. The number of halogens is 2. The second-order valence-electron chi connectivity index (χ2n) is 8.97. The van der Waals surface area contributed by atoms with Gasteiger partial charge in [-0.25, -0.2) is 8.78 Å². The molecule has 0 spiro atoms. The monoisotopic (exact) mass is 385 g/mol. The Bertz CT molecular complexity index is 674. The van der Waals surface area contributed by atoms with E-state index in [0.717, 1.165) is 49.0 Å². The highest BCUT2D eigenvalue weighted by atomic mass is 19.1. The molecular formula is C25H33F2N. The van der Waals surface area contributed by atoms with Gasteiger partial charge in [-0.15, -0.1) is 0 Å². The van der Waals surface area contributed by atoms with E-state index in [0.29, 0.717) is 12.2 Å². The maximum Gasteiger partial charge on any atom is 0.141 e. The van der Waals surface area contributed by atoms with Crippen molar-refractivity contribution in [3.63, 3.8) is 0 Å². The number of allylic oxidation sites excluding steroid dienone is 1. The molecule has 0 saturated heterocycles. The van der Waals surface area contributed by atoms with E-state index in [9.17, 15) is 8.78 Å². The zero-order valence-electron chi connectivity index (χ0n) is 16.9. The molecule has 2 fully saturated rings. The summed E-state index contributed by atoms with van der Waals surface area (Å²) in [7, 11) is 0. The third-order valence-electron chi connectivity index (χ3n) is 7.21. The predicted octanol–water partition coefficient (Wildman–Crippen LogP) is 7.82. The average Bonchev–Trinajstić information content (AvgIpc) is 2.74. The van der Waals surface area contributed by atoms with Crippen LogP contribution in [-0.4, -0.2) is 0 Å². The molecule has 0 N–H and O–H groups in total. The number of hydrogen-bond acceptors (Lipinski definition) is 1. The molecule has 3 rings (SSSR count). The highest BCUT2D eigenvalue weighted by Gasteiger charge is 2.25. The van der Waals surface area contributed by atoms with Crippen molar-refractivity contribution in [3.05, 3.63) is 47.5 Å². The summed E-state index contributed by atoms with van der Waals surface area (Å²) < 4.78 is 25.9.